The number of aromatic nitrogens is 1. The summed E-state index contributed by atoms with van der Waals surface area (Å²) in [5.74, 6) is 0.278. The van der Waals surface area contributed by atoms with Crippen molar-refractivity contribution in [1.82, 2.24) is 15.2 Å². The van der Waals surface area contributed by atoms with Crippen LogP contribution in [0.25, 0.3) is 0 Å². The molecule has 0 unspecified atom stereocenters. The fourth-order valence-corrected chi connectivity index (χ4v) is 3.67. The van der Waals surface area contributed by atoms with Gasteiger partial charge in [0.05, 0.1) is 10.6 Å². The number of alkyl carbamates (subject to hydrolysis) is 1. The molecular weight excluding hydrogens is 454 g/mol. The number of ether oxygens (including phenoxy) is 2. The van der Waals surface area contributed by atoms with Gasteiger partial charge >= 0.3 is 6.09 Å². The van der Waals surface area contributed by atoms with Crippen LogP contribution in [0.4, 0.5) is 4.79 Å². The zero-order valence-corrected chi connectivity index (χ0v) is 20.1. The quantitative estimate of drug-likeness (QED) is 0.666. The van der Waals surface area contributed by atoms with Gasteiger partial charge in [-0.1, -0.05) is 0 Å². The largest absolute Gasteiger partial charge is 0.489 e. The highest BCUT2D eigenvalue weighted by Gasteiger charge is 2.34. The van der Waals surface area contributed by atoms with Crippen molar-refractivity contribution in [2.75, 3.05) is 0 Å². The van der Waals surface area contributed by atoms with Crippen LogP contribution in [-0.2, 0) is 16.6 Å². The number of halogens is 1. The number of amides is 2. The van der Waals surface area contributed by atoms with E-state index in [0.29, 0.717) is 5.75 Å². The molecule has 0 spiro atoms. The molecule has 0 aromatic carbocycles. The number of nitrogens with zero attached hydrogens (tertiary/aromatic N) is 1. The first kappa shape index (κ1) is 24.2. The molecule has 1 aliphatic carbocycles. The second kappa shape index (κ2) is 9.41. The minimum absolute atomic E-state index is 0.00384. The molecule has 0 saturated heterocycles. The van der Waals surface area contributed by atoms with Crippen LogP contribution in [0.2, 0.25) is 0 Å². The molecule has 1 aromatic heterocycles. The van der Waals surface area contributed by atoms with Crippen LogP contribution in [0.5, 0.6) is 5.75 Å². The van der Waals surface area contributed by atoms with Crippen molar-refractivity contribution in [1.29, 1.82) is 0 Å². The van der Waals surface area contributed by atoms with Crippen LogP contribution in [-0.4, -0.2) is 39.9 Å². The Morgan fingerprint density at radius 2 is 1.73 bits per heavy atom. The smallest absolute Gasteiger partial charge is 0.408 e. The molecule has 1 saturated carbocycles. The molecule has 0 atom stereocenters. The molecule has 1 fully saturated rings. The maximum Gasteiger partial charge on any atom is 0.408 e. The van der Waals surface area contributed by atoms with Crippen molar-refractivity contribution in [3.63, 3.8) is 0 Å². The van der Waals surface area contributed by atoms with E-state index in [-0.39, 0.29) is 23.6 Å². The molecular formula is C21H32BrN3O5. The van der Waals surface area contributed by atoms with Gasteiger partial charge in [0.2, 0.25) is 5.91 Å². The zero-order valence-electron chi connectivity index (χ0n) is 18.5. The van der Waals surface area contributed by atoms with Crippen LogP contribution in [0.1, 0.15) is 60.3 Å². The summed E-state index contributed by atoms with van der Waals surface area (Å²) in [6.45, 7) is 8.60. The van der Waals surface area contributed by atoms with E-state index in [4.69, 9.17) is 9.47 Å². The number of pyridine rings is 1. The van der Waals surface area contributed by atoms with Crippen molar-refractivity contribution in [2.24, 2.45) is 7.05 Å². The van der Waals surface area contributed by atoms with Crippen LogP contribution >= 0.6 is 15.9 Å². The normalized spacial score (nSPS) is 19.7. The first-order valence-corrected chi connectivity index (χ1v) is 10.9. The van der Waals surface area contributed by atoms with Crippen LogP contribution in [0.15, 0.2) is 21.5 Å². The molecule has 0 radical (unpaired) electrons. The Bertz CT molecular complexity index is 836. The summed E-state index contributed by atoms with van der Waals surface area (Å²) >= 11 is 3.43. The number of nitrogens with one attached hydrogen (secondary N) is 2. The topological polar surface area (TPSA) is 98.7 Å². The Hall–Kier alpha value is -2.03. The second-order valence-electron chi connectivity index (χ2n) is 9.25. The number of rotatable bonds is 5. The maximum absolute atomic E-state index is 12.7. The van der Waals surface area contributed by atoms with E-state index in [1.165, 1.54) is 10.6 Å². The molecule has 9 heteroatoms. The molecule has 0 bridgehead atoms. The number of aryl methyl sites for hydroxylation is 1. The predicted molar refractivity (Wildman–Crippen MR) is 118 cm³/mol. The monoisotopic (exact) mass is 485 g/mol. The number of carbonyl (C=O) groups excluding carboxylic acids is 2. The van der Waals surface area contributed by atoms with E-state index >= 15 is 0 Å². The lowest BCUT2D eigenvalue weighted by Crippen LogP contribution is -2.57. The number of hydrogen-bond acceptors (Lipinski definition) is 5. The molecule has 2 N–H and O–H groups in total. The first-order valence-electron chi connectivity index (χ1n) is 10.1. The van der Waals surface area contributed by atoms with Crippen molar-refractivity contribution in [3.8, 4) is 5.75 Å². The van der Waals surface area contributed by atoms with E-state index < -0.39 is 17.2 Å². The Labute approximate surface area is 185 Å². The SMILES string of the molecule is Cn1cc(Br)c(OC2CCC(NC(=O)C(C)(C)NC(=O)OC(C)(C)C)CC2)cc1=O. The summed E-state index contributed by atoms with van der Waals surface area (Å²) in [6, 6.07) is 1.48. The number of hydrogen-bond donors (Lipinski definition) is 2. The average molecular weight is 486 g/mol. The van der Waals surface area contributed by atoms with Gasteiger partial charge in [0, 0.05) is 25.4 Å². The summed E-state index contributed by atoms with van der Waals surface area (Å²) in [7, 11) is 1.68. The third-order valence-corrected chi connectivity index (χ3v) is 5.42. The summed E-state index contributed by atoms with van der Waals surface area (Å²) in [5.41, 5.74) is -1.86. The van der Waals surface area contributed by atoms with Gasteiger partial charge in [0.1, 0.15) is 16.9 Å². The molecule has 168 valence electrons. The van der Waals surface area contributed by atoms with Gasteiger partial charge in [-0.2, -0.15) is 0 Å². The summed E-state index contributed by atoms with van der Waals surface area (Å²) in [4.78, 5) is 36.5. The van der Waals surface area contributed by atoms with Gasteiger partial charge in [-0.05, 0) is 76.2 Å². The molecule has 2 amide bonds. The minimum atomic E-state index is -1.09. The lowest BCUT2D eigenvalue weighted by atomic mass is 9.92. The fraction of sp³-hybridized carbons (Fsp3) is 0.667. The number of carbonyl (C=O) groups is 2. The molecule has 1 aromatic rings. The van der Waals surface area contributed by atoms with Crippen LogP contribution in [0.3, 0.4) is 0 Å². The maximum atomic E-state index is 12.7. The third kappa shape index (κ3) is 7.04. The Morgan fingerprint density at radius 1 is 1.13 bits per heavy atom. The fourth-order valence-electron chi connectivity index (χ4n) is 3.16. The lowest BCUT2D eigenvalue weighted by Gasteiger charge is -2.33. The predicted octanol–water partition coefficient (Wildman–Crippen LogP) is 3.26. The molecule has 8 nitrogen and oxygen atoms in total. The second-order valence-corrected chi connectivity index (χ2v) is 10.1. The van der Waals surface area contributed by atoms with Crippen molar-refractivity contribution in [3.05, 3.63) is 27.1 Å². The minimum Gasteiger partial charge on any atom is -0.489 e. The Balaban J connectivity index is 1.85. The van der Waals surface area contributed by atoms with Gasteiger partial charge in [0.15, 0.2) is 0 Å². The van der Waals surface area contributed by atoms with Crippen LogP contribution in [0, 0.1) is 0 Å². The van der Waals surface area contributed by atoms with E-state index in [0.717, 1.165) is 30.2 Å². The van der Waals surface area contributed by atoms with Crippen molar-refractivity contribution in [2.45, 2.75) is 83.6 Å². The van der Waals surface area contributed by atoms with Gasteiger partial charge in [-0.15, -0.1) is 0 Å². The molecule has 30 heavy (non-hydrogen) atoms. The van der Waals surface area contributed by atoms with E-state index in [2.05, 4.69) is 26.6 Å². The van der Waals surface area contributed by atoms with Gasteiger partial charge in [-0.25, -0.2) is 4.79 Å². The van der Waals surface area contributed by atoms with E-state index in [9.17, 15) is 14.4 Å². The highest BCUT2D eigenvalue weighted by Crippen LogP contribution is 2.28. The van der Waals surface area contributed by atoms with Gasteiger partial charge in [0.25, 0.3) is 5.56 Å². The van der Waals surface area contributed by atoms with E-state index in [1.807, 2.05) is 0 Å². The molecule has 1 heterocycles. The van der Waals surface area contributed by atoms with Crippen molar-refractivity contribution >= 4 is 27.9 Å². The summed E-state index contributed by atoms with van der Waals surface area (Å²) in [5, 5.41) is 5.64. The Morgan fingerprint density at radius 3 is 2.30 bits per heavy atom. The summed E-state index contributed by atoms with van der Waals surface area (Å²) < 4.78 is 13.4. The van der Waals surface area contributed by atoms with Crippen LogP contribution < -0.4 is 20.9 Å². The average Bonchev–Trinajstić information content (AvgIpc) is 2.59. The van der Waals surface area contributed by atoms with Gasteiger partial charge in [-0.3, -0.25) is 9.59 Å². The highest BCUT2D eigenvalue weighted by atomic mass is 79.9. The van der Waals surface area contributed by atoms with Crippen molar-refractivity contribution < 1.29 is 19.1 Å². The standard InChI is InChI=1S/C21H32BrN3O5/c1-20(2,3)30-19(28)24-21(4,5)18(27)23-13-7-9-14(10-8-13)29-16-11-17(26)25(6)12-15(16)22/h11-14H,7-10H2,1-6H3,(H,23,27)(H,24,28). The molecule has 0 aliphatic heterocycles. The molecule has 2 rings (SSSR count). The van der Waals surface area contributed by atoms with Gasteiger partial charge < -0.3 is 24.7 Å². The van der Waals surface area contributed by atoms with E-state index in [1.54, 1.807) is 47.9 Å². The molecule has 1 aliphatic rings. The third-order valence-electron chi connectivity index (χ3n) is 4.83. The lowest BCUT2D eigenvalue weighted by molar-refractivity contribution is -0.127. The zero-order chi connectivity index (χ0) is 22.7. The Kier molecular flexibility index (Phi) is 7.60. The summed E-state index contributed by atoms with van der Waals surface area (Å²) in [6.07, 6.45) is 4.05. The first-order chi connectivity index (χ1) is 13.8. The highest BCUT2D eigenvalue weighted by molar-refractivity contribution is 9.10.